The number of nitrogens with zero attached hydrogens (tertiary/aromatic N) is 1. The molecule has 2 nitrogen and oxygen atoms in total. The van der Waals surface area contributed by atoms with Crippen LogP contribution in [-0.2, 0) is 0 Å². The zero-order valence-electron chi connectivity index (χ0n) is 9.57. The van der Waals surface area contributed by atoms with Crippen molar-refractivity contribution in [2.75, 3.05) is 0 Å². The van der Waals surface area contributed by atoms with Crippen LogP contribution < -0.4 is 0 Å². The van der Waals surface area contributed by atoms with Crippen LogP contribution in [0, 0.1) is 6.92 Å². The van der Waals surface area contributed by atoms with Gasteiger partial charge in [-0.25, -0.2) is 0 Å². The summed E-state index contributed by atoms with van der Waals surface area (Å²) in [4.78, 5) is 4.42. The smallest absolute Gasteiger partial charge is 0.0995 e. The van der Waals surface area contributed by atoms with E-state index in [-0.39, 0.29) is 0 Å². The highest BCUT2D eigenvalue weighted by Gasteiger charge is 2.08. The SMILES string of the molecule is C=C(C)C(O)c1ccc2nc(C)ccc2c1. The van der Waals surface area contributed by atoms with Crippen molar-refractivity contribution in [3.63, 3.8) is 0 Å². The monoisotopic (exact) mass is 213 g/mol. The normalized spacial score (nSPS) is 12.7. The van der Waals surface area contributed by atoms with Gasteiger partial charge in [-0.15, -0.1) is 0 Å². The number of rotatable bonds is 2. The average Bonchev–Trinajstić information content (AvgIpc) is 2.27. The fourth-order valence-corrected chi connectivity index (χ4v) is 1.70. The number of aliphatic hydroxyl groups excluding tert-OH is 1. The molecule has 0 radical (unpaired) electrons. The molecule has 0 saturated heterocycles. The molecule has 2 heteroatoms. The molecule has 0 aliphatic heterocycles. The summed E-state index contributed by atoms with van der Waals surface area (Å²) in [6.45, 7) is 7.55. The van der Waals surface area contributed by atoms with Crippen LogP contribution in [0.4, 0.5) is 0 Å². The van der Waals surface area contributed by atoms with Gasteiger partial charge in [-0.05, 0) is 43.2 Å². The lowest BCUT2D eigenvalue weighted by Gasteiger charge is -2.11. The molecule has 0 saturated carbocycles. The molecule has 0 aliphatic carbocycles. The lowest BCUT2D eigenvalue weighted by molar-refractivity contribution is 0.216. The highest BCUT2D eigenvalue weighted by atomic mass is 16.3. The number of hydrogen-bond acceptors (Lipinski definition) is 2. The molecule has 82 valence electrons. The minimum absolute atomic E-state index is 0.592. The zero-order valence-corrected chi connectivity index (χ0v) is 9.57. The first kappa shape index (κ1) is 10.8. The Kier molecular flexibility index (Phi) is 2.75. The molecule has 1 atom stereocenters. The topological polar surface area (TPSA) is 33.1 Å². The quantitative estimate of drug-likeness (QED) is 0.777. The van der Waals surface area contributed by atoms with Gasteiger partial charge in [0.05, 0.1) is 11.6 Å². The fourth-order valence-electron chi connectivity index (χ4n) is 1.70. The van der Waals surface area contributed by atoms with Crippen LogP contribution in [0.1, 0.15) is 24.3 Å². The van der Waals surface area contributed by atoms with E-state index in [0.29, 0.717) is 0 Å². The number of aryl methyl sites for hydroxylation is 1. The minimum atomic E-state index is -0.592. The van der Waals surface area contributed by atoms with Crippen molar-refractivity contribution in [1.29, 1.82) is 0 Å². The molecule has 1 N–H and O–H groups in total. The summed E-state index contributed by atoms with van der Waals surface area (Å²) in [5, 5.41) is 10.9. The lowest BCUT2D eigenvalue weighted by atomic mass is 10.0. The summed E-state index contributed by atoms with van der Waals surface area (Å²) in [5.74, 6) is 0. The number of fused-ring (bicyclic) bond motifs is 1. The predicted octanol–water partition coefficient (Wildman–Crippen LogP) is 3.15. The van der Waals surface area contributed by atoms with E-state index in [1.54, 1.807) is 0 Å². The second-order valence-electron chi connectivity index (χ2n) is 4.15. The lowest BCUT2D eigenvalue weighted by Crippen LogP contribution is -1.97. The molecule has 0 amide bonds. The van der Waals surface area contributed by atoms with Gasteiger partial charge in [0.2, 0.25) is 0 Å². The van der Waals surface area contributed by atoms with Gasteiger partial charge in [0.25, 0.3) is 0 Å². The summed E-state index contributed by atoms with van der Waals surface area (Å²) in [6, 6.07) is 9.78. The van der Waals surface area contributed by atoms with Gasteiger partial charge >= 0.3 is 0 Å². The first-order valence-corrected chi connectivity index (χ1v) is 5.29. The molecular weight excluding hydrogens is 198 g/mol. The summed E-state index contributed by atoms with van der Waals surface area (Å²) < 4.78 is 0. The van der Waals surface area contributed by atoms with E-state index < -0.39 is 6.10 Å². The number of hydrogen-bond donors (Lipinski definition) is 1. The molecule has 0 fully saturated rings. The highest BCUT2D eigenvalue weighted by Crippen LogP contribution is 2.23. The minimum Gasteiger partial charge on any atom is -0.384 e. The number of aliphatic hydroxyl groups is 1. The molecule has 2 rings (SSSR count). The third kappa shape index (κ3) is 1.97. The van der Waals surface area contributed by atoms with Gasteiger partial charge in [-0.1, -0.05) is 18.7 Å². The molecule has 1 aromatic carbocycles. The van der Waals surface area contributed by atoms with Crippen molar-refractivity contribution >= 4 is 10.9 Å². The maximum absolute atomic E-state index is 9.89. The van der Waals surface area contributed by atoms with E-state index in [9.17, 15) is 5.11 Å². The van der Waals surface area contributed by atoms with Gasteiger partial charge < -0.3 is 5.11 Å². The highest BCUT2D eigenvalue weighted by molar-refractivity contribution is 5.79. The maximum Gasteiger partial charge on any atom is 0.0995 e. The van der Waals surface area contributed by atoms with Crippen LogP contribution >= 0.6 is 0 Å². The van der Waals surface area contributed by atoms with Crippen LogP contribution in [0.2, 0.25) is 0 Å². The molecule has 1 heterocycles. The van der Waals surface area contributed by atoms with Crippen LogP contribution in [0.3, 0.4) is 0 Å². The third-order valence-corrected chi connectivity index (χ3v) is 2.64. The largest absolute Gasteiger partial charge is 0.384 e. The molecular formula is C14H15NO. The van der Waals surface area contributed by atoms with Gasteiger partial charge in [-0.3, -0.25) is 4.98 Å². The summed E-state index contributed by atoms with van der Waals surface area (Å²) >= 11 is 0. The first-order chi connectivity index (χ1) is 7.58. The van der Waals surface area contributed by atoms with Gasteiger partial charge in [-0.2, -0.15) is 0 Å². The van der Waals surface area contributed by atoms with E-state index in [4.69, 9.17) is 0 Å². The Hall–Kier alpha value is -1.67. The predicted molar refractivity (Wildman–Crippen MR) is 66.3 cm³/mol. The second kappa shape index (κ2) is 4.06. The standard InChI is InChI=1S/C14H15NO/c1-9(2)14(16)12-6-7-13-11(8-12)5-4-10(3)15-13/h4-8,14,16H,1H2,2-3H3. The summed E-state index contributed by atoms with van der Waals surface area (Å²) in [7, 11) is 0. The fraction of sp³-hybridized carbons (Fsp3) is 0.214. The van der Waals surface area contributed by atoms with Crippen molar-refractivity contribution in [2.45, 2.75) is 20.0 Å². The van der Waals surface area contributed by atoms with Gasteiger partial charge in [0.1, 0.15) is 0 Å². The van der Waals surface area contributed by atoms with Crippen molar-refractivity contribution in [2.24, 2.45) is 0 Å². The Bertz CT molecular complexity index is 545. The van der Waals surface area contributed by atoms with E-state index in [0.717, 1.165) is 27.7 Å². The van der Waals surface area contributed by atoms with Crippen LogP contribution in [0.15, 0.2) is 42.5 Å². The Morgan fingerprint density at radius 2 is 2.06 bits per heavy atom. The molecule has 0 aliphatic rings. The van der Waals surface area contributed by atoms with Crippen molar-refractivity contribution in [1.82, 2.24) is 4.98 Å². The Morgan fingerprint density at radius 1 is 1.31 bits per heavy atom. The molecule has 0 bridgehead atoms. The van der Waals surface area contributed by atoms with E-state index in [2.05, 4.69) is 11.6 Å². The third-order valence-electron chi connectivity index (χ3n) is 2.64. The zero-order chi connectivity index (χ0) is 11.7. The molecule has 2 aromatic rings. The van der Waals surface area contributed by atoms with Crippen molar-refractivity contribution in [3.05, 3.63) is 53.7 Å². The Labute approximate surface area is 95.3 Å². The van der Waals surface area contributed by atoms with Gasteiger partial charge in [0.15, 0.2) is 0 Å². The second-order valence-corrected chi connectivity index (χ2v) is 4.15. The number of aromatic nitrogens is 1. The number of pyridine rings is 1. The Morgan fingerprint density at radius 3 is 2.75 bits per heavy atom. The molecule has 1 unspecified atom stereocenters. The van der Waals surface area contributed by atoms with Crippen LogP contribution in [-0.4, -0.2) is 10.1 Å². The maximum atomic E-state index is 9.89. The summed E-state index contributed by atoms with van der Waals surface area (Å²) in [6.07, 6.45) is -0.592. The van der Waals surface area contributed by atoms with E-state index >= 15 is 0 Å². The molecule has 1 aromatic heterocycles. The average molecular weight is 213 g/mol. The first-order valence-electron chi connectivity index (χ1n) is 5.29. The van der Waals surface area contributed by atoms with E-state index in [1.165, 1.54) is 0 Å². The van der Waals surface area contributed by atoms with E-state index in [1.807, 2.05) is 44.2 Å². The Balaban J connectivity index is 2.52. The molecule has 16 heavy (non-hydrogen) atoms. The van der Waals surface area contributed by atoms with Gasteiger partial charge in [0, 0.05) is 11.1 Å². The summed E-state index contributed by atoms with van der Waals surface area (Å²) in [5.41, 5.74) is 3.57. The van der Waals surface area contributed by atoms with Crippen molar-refractivity contribution < 1.29 is 5.11 Å². The van der Waals surface area contributed by atoms with Crippen molar-refractivity contribution in [3.8, 4) is 0 Å². The van der Waals surface area contributed by atoms with Crippen LogP contribution in [0.25, 0.3) is 10.9 Å². The number of benzene rings is 1. The molecule has 0 spiro atoms. The van der Waals surface area contributed by atoms with Crippen LogP contribution in [0.5, 0.6) is 0 Å².